The minimum absolute atomic E-state index is 0.0412. The van der Waals surface area contributed by atoms with E-state index in [1.807, 2.05) is 0 Å². The highest BCUT2D eigenvalue weighted by atomic mass is 32.2. The molecule has 29 heavy (non-hydrogen) atoms. The highest BCUT2D eigenvalue weighted by molar-refractivity contribution is 7.89. The summed E-state index contributed by atoms with van der Waals surface area (Å²) < 4.78 is 53.3. The van der Waals surface area contributed by atoms with Crippen LogP contribution < -0.4 is 5.32 Å². The van der Waals surface area contributed by atoms with E-state index in [4.69, 9.17) is 0 Å². The molecule has 0 saturated carbocycles. The summed E-state index contributed by atoms with van der Waals surface area (Å²) in [5, 5.41) is 13.1. The van der Waals surface area contributed by atoms with Crippen molar-refractivity contribution in [1.82, 2.24) is 4.31 Å². The Morgan fingerprint density at radius 3 is 2.31 bits per heavy atom. The molecule has 1 aliphatic rings. The van der Waals surface area contributed by atoms with Crippen molar-refractivity contribution in [1.29, 1.82) is 0 Å². The molecule has 0 aromatic heterocycles. The predicted octanol–water partition coefficient (Wildman–Crippen LogP) is 2.91. The first-order chi connectivity index (χ1) is 13.7. The van der Waals surface area contributed by atoms with Gasteiger partial charge in [0.2, 0.25) is 15.9 Å². The average molecular weight is 425 g/mol. The molecule has 1 heterocycles. The van der Waals surface area contributed by atoms with Crippen molar-refractivity contribution in [3.05, 3.63) is 64.2 Å². The van der Waals surface area contributed by atoms with E-state index in [-0.39, 0.29) is 42.2 Å². The minimum atomic E-state index is -3.81. The number of nitrogens with one attached hydrogen (secondary N) is 1. The molecular formula is C18H17F2N3O5S. The lowest BCUT2D eigenvalue weighted by Crippen LogP contribution is -2.41. The van der Waals surface area contributed by atoms with Crippen LogP contribution in [0.5, 0.6) is 0 Å². The smallest absolute Gasteiger partial charge is 0.271 e. The Morgan fingerprint density at radius 1 is 1.10 bits per heavy atom. The molecule has 0 bridgehead atoms. The number of nitro groups is 1. The summed E-state index contributed by atoms with van der Waals surface area (Å²) in [6.45, 7) is 0.129. The number of amides is 1. The second-order valence-electron chi connectivity index (χ2n) is 6.54. The van der Waals surface area contributed by atoms with E-state index in [1.165, 1.54) is 16.4 Å². The zero-order valence-corrected chi connectivity index (χ0v) is 15.9. The molecule has 1 N–H and O–H groups in total. The molecule has 1 amide bonds. The maximum atomic E-state index is 13.8. The van der Waals surface area contributed by atoms with Crippen LogP contribution in [0.2, 0.25) is 0 Å². The summed E-state index contributed by atoms with van der Waals surface area (Å²) in [6, 6.07) is 7.28. The molecule has 2 aromatic rings. The number of piperidine rings is 1. The Kier molecular flexibility index (Phi) is 5.89. The third-order valence-electron chi connectivity index (χ3n) is 4.69. The Labute approximate surface area is 165 Å². The number of carbonyl (C=O) groups excluding carboxylic acids is 1. The van der Waals surface area contributed by atoms with Gasteiger partial charge in [-0.15, -0.1) is 0 Å². The highest BCUT2D eigenvalue weighted by Crippen LogP contribution is 2.26. The third-order valence-corrected chi connectivity index (χ3v) is 6.61. The molecule has 1 saturated heterocycles. The van der Waals surface area contributed by atoms with Crippen molar-refractivity contribution >= 4 is 27.3 Å². The summed E-state index contributed by atoms with van der Waals surface area (Å²) in [4.78, 5) is 22.5. The molecule has 11 heteroatoms. The van der Waals surface area contributed by atoms with E-state index in [9.17, 15) is 32.1 Å². The number of sulfonamides is 1. The van der Waals surface area contributed by atoms with Gasteiger partial charge in [-0.05, 0) is 43.2 Å². The van der Waals surface area contributed by atoms with E-state index < -0.39 is 38.4 Å². The normalized spacial score (nSPS) is 15.8. The first kappa shape index (κ1) is 20.8. The number of anilines is 1. The fourth-order valence-electron chi connectivity index (χ4n) is 3.07. The SMILES string of the molecule is O=C(Nc1cc([N+](=O)[O-])ccc1F)C1CCN(S(=O)(=O)c2ccc(F)cc2)CC1. The molecule has 8 nitrogen and oxygen atoms in total. The Bertz CT molecular complexity index is 1040. The van der Waals surface area contributed by atoms with Gasteiger partial charge >= 0.3 is 0 Å². The number of benzene rings is 2. The summed E-state index contributed by atoms with van der Waals surface area (Å²) >= 11 is 0. The summed E-state index contributed by atoms with van der Waals surface area (Å²) in [5.41, 5.74) is -0.660. The van der Waals surface area contributed by atoms with Crippen molar-refractivity contribution in [3.8, 4) is 0 Å². The molecule has 0 atom stereocenters. The van der Waals surface area contributed by atoms with E-state index >= 15 is 0 Å². The quantitative estimate of drug-likeness (QED) is 0.585. The van der Waals surface area contributed by atoms with E-state index in [1.54, 1.807) is 0 Å². The van der Waals surface area contributed by atoms with Gasteiger partial charge in [0.05, 0.1) is 15.5 Å². The number of nitrogens with zero attached hydrogens (tertiary/aromatic N) is 2. The first-order valence-electron chi connectivity index (χ1n) is 8.69. The van der Waals surface area contributed by atoms with Gasteiger partial charge in [0.25, 0.3) is 5.69 Å². The lowest BCUT2D eigenvalue weighted by Gasteiger charge is -2.30. The zero-order valence-electron chi connectivity index (χ0n) is 15.0. The predicted molar refractivity (Wildman–Crippen MR) is 99.6 cm³/mol. The molecule has 0 spiro atoms. The maximum Gasteiger partial charge on any atom is 0.271 e. The van der Waals surface area contributed by atoms with Crippen LogP contribution in [0.3, 0.4) is 0 Å². The monoisotopic (exact) mass is 425 g/mol. The van der Waals surface area contributed by atoms with Gasteiger partial charge in [-0.25, -0.2) is 17.2 Å². The van der Waals surface area contributed by atoms with Gasteiger partial charge < -0.3 is 5.32 Å². The van der Waals surface area contributed by atoms with Crippen molar-refractivity contribution in [2.24, 2.45) is 5.92 Å². The van der Waals surface area contributed by atoms with Gasteiger partial charge in [-0.1, -0.05) is 0 Å². The second kappa shape index (κ2) is 8.21. The van der Waals surface area contributed by atoms with Crippen LogP contribution >= 0.6 is 0 Å². The van der Waals surface area contributed by atoms with Gasteiger partial charge in [-0.3, -0.25) is 14.9 Å². The number of hydrogen-bond donors (Lipinski definition) is 1. The fraction of sp³-hybridized carbons (Fsp3) is 0.278. The second-order valence-corrected chi connectivity index (χ2v) is 8.48. The maximum absolute atomic E-state index is 13.8. The summed E-state index contributed by atoms with van der Waals surface area (Å²) in [6.07, 6.45) is 0.394. The number of halogens is 2. The van der Waals surface area contributed by atoms with Gasteiger partial charge in [0, 0.05) is 31.1 Å². The van der Waals surface area contributed by atoms with Crippen LogP contribution in [0.1, 0.15) is 12.8 Å². The molecule has 2 aromatic carbocycles. The van der Waals surface area contributed by atoms with Crippen molar-refractivity contribution in [2.75, 3.05) is 18.4 Å². The van der Waals surface area contributed by atoms with E-state index in [0.717, 1.165) is 30.3 Å². The fourth-order valence-corrected chi connectivity index (χ4v) is 4.54. The topological polar surface area (TPSA) is 110 Å². The number of hydrogen-bond acceptors (Lipinski definition) is 5. The van der Waals surface area contributed by atoms with Crippen LogP contribution in [0, 0.1) is 27.7 Å². The average Bonchev–Trinajstić information content (AvgIpc) is 2.70. The van der Waals surface area contributed by atoms with Crippen LogP contribution in [-0.2, 0) is 14.8 Å². The Hall–Kier alpha value is -2.92. The molecule has 0 unspecified atom stereocenters. The number of non-ortho nitro benzene ring substituents is 1. The van der Waals surface area contributed by atoms with Crippen LogP contribution in [0.15, 0.2) is 47.4 Å². The van der Waals surface area contributed by atoms with Gasteiger partial charge in [0.1, 0.15) is 11.6 Å². The molecular weight excluding hydrogens is 408 g/mol. The van der Waals surface area contributed by atoms with Crippen LogP contribution in [-0.4, -0.2) is 36.6 Å². The molecule has 0 radical (unpaired) electrons. The van der Waals surface area contributed by atoms with E-state index in [2.05, 4.69) is 5.32 Å². The number of rotatable bonds is 5. The van der Waals surface area contributed by atoms with Crippen molar-refractivity contribution in [2.45, 2.75) is 17.7 Å². The Morgan fingerprint density at radius 2 is 1.72 bits per heavy atom. The summed E-state index contributed by atoms with van der Waals surface area (Å²) in [7, 11) is -3.81. The summed E-state index contributed by atoms with van der Waals surface area (Å²) in [5.74, 6) is -2.47. The number of nitro benzene ring substituents is 1. The zero-order chi connectivity index (χ0) is 21.2. The molecule has 1 aliphatic heterocycles. The molecule has 154 valence electrons. The van der Waals surface area contributed by atoms with Crippen molar-refractivity contribution < 1.29 is 26.9 Å². The largest absolute Gasteiger partial charge is 0.323 e. The van der Waals surface area contributed by atoms with Gasteiger partial charge in [-0.2, -0.15) is 4.31 Å². The minimum Gasteiger partial charge on any atom is -0.323 e. The number of carbonyl (C=O) groups is 1. The van der Waals surface area contributed by atoms with Crippen LogP contribution in [0.4, 0.5) is 20.2 Å². The van der Waals surface area contributed by atoms with Crippen molar-refractivity contribution in [3.63, 3.8) is 0 Å². The lowest BCUT2D eigenvalue weighted by molar-refractivity contribution is -0.384. The van der Waals surface area contributed by atoms with E-state index in [0.29, 0.717) is 0 Å². The molecule has 0 aliphatic carbocycles. The highest BCUT2D eigenvalue weighted by Gasteiger charge is 2.32. The lowest BCUT2D eigenvalue weighted by atomic mass is 9.97. The molecule has 1 fully saturated rings. The molecule has 3 rings (SSSR count). The van der Waals surface area contributed by atoms with Gasteiger partial charge in [0.15, 0.2) is 0 Å². The standard InChI is InChI=1S/C18H17F2N3O5S/c19-13-1-4-15(5-2-13)29(27,28)22-9-7-12(8-10-22)18(24)21-17-11-14(23(25)26)3-6-16(17)20/h1-6,11-12H,7-10H2,(H,21,24). The third kappa shape index (κ3) is 4.57. The Balaban J connectivity index is 1.65. The van der Waals surface area contributed by atoms with Crippen LogP contribution in [0.25, 0.3) is 0 Å². The first-order valence-corrected chi connectivity index (χ1v) is 10.1.